The predicted molar refractivity (Wildman–Crippen MR) is 62.0 cm³/mol. The van der Waals surface area contributed by atoms with Crippen molar-refractivity contribution < 1.29 is 0 Å². The fourth-order valence-electron chi connectivity index (χ4n) is 2.49. The molecule has 0 amide bonds. The van der Waals surface area contributed by atoms with Crippen LogP contribution in [-0.4, -0.2) is 37.1 Å². The molecule has 80 valence electrons. The molecule has 2 heterocycles. The van der Waals surface area contributed by atoms with E-state index in [0.29, 0.717) is 6.04 Å². The first-order chi connectivity index (χ1) is 7.43. The molecule has 15 heavy (non-hydrogen) atoms. The molecule has 2 aliphatic rings. The number of benzene rings is 1. The summed E-state index contributed by atoms with van der Waals surface area (Å²) in [5.41, 5.74) is 2.74. The molecule has 1 aromatic carbocycles. The summed E-state index contributed by atoms with van der Waals surface area (Å²) in [4.78, 5) is 2.58. The SMILES string of the molecule is c1ccc2c(c1)CN1CCNCC1CN2. The Morgan fingerprint density at radius 1 is 1.20 bits per heavy atom. The Labute approximate surface area is 90.5 Å². The number of nitrogens with one attached hydrogen (secondary N) is 2. The van der Waals surface area contributed by atoms with Crippen LogP contribution in [0.5, 0.6) is 0 Å². The molecule has 1 saturated heterocycles. The van der Waals surface area contributed by atoms with Gasteiger partial charge < -0.3 is 10.6 Å². The van der Waals surface area contributed by atoms with Crippen LogP contribution < -0.4 is 10.6 Å². The zero-order chi connectivity index (χ0) is 10.1. The minimum Gasteiger partial charge on any atom is -0.383 e. The van der Waals surface area contributed by atoms with Crippen LogP contribution in [0.1, 0.15) is 5.56 Å². The molecule has 1 aromatic rings. The van der Waals surface area contributed by atoms with Crippen LogP contribution in [0.25, 0.3) is 0 Å². The fourth-order valence-corrected chi connectivity index (χ4v) is 2.49. The lowest BCUT2D eigenvalue weighted by molar-refractivity contribution is 0.165. The van der Waals surface area contributed by atoms with Crippen molar-refractivity contribution in [2.24, 2.45) is 0 Å². The summed E-state index contributed by atoms with van der Waals surface area (Å²) in [6, 6.07) is 9.29. The van der Waals surface area contributed by atoms with E-state index in [1.807, 2.05) is 0 Å². The van der Waals surface area contributed by atoms with E-state index in [2.05, 4.69) is 39.8 Å². The fraction of sp³-hybridized carbons (Fsp3) is 0.500. The van der Waals surface area contributed by atoms with Gasteiger partial charge in [0.05, 0.1) is 0 Å². The normalized spacial score (nSPS) is 26.0. The summed E-state index contributed by atoms with van der Waals surface area (Å²) >= 11 is 0. The van der Waals surface area contributed by atoms with Gasteiger partial charge in [0.25, 0.3) is 0 Å². The molecule has 3 nitrogen and oxygen atoms in total. The molecular weight excluding hydrogens is 186 g/mol. The molecular formula is C12H17N3. The van der Waals surface area contributed by atoms with Crippen molar-refractivity contribution in [3.63, 3.8) is 0 Å². The molecule has 0 aliphatic carbocycles. The number of nitrogens with zero attached hydrogens (tertiary/aromatic N) is 1. The summed E-state index contributed by atoms with van der Waals surface area (Å²) in [7, 11) is 0. The lowest BCUT2D eigenvalue weighted by atomic mass is 10.1. The maximum Gasteiger partial charge on any atom is 0.0397 e. The van der Waals surface area contributed by atoms with Gasteiger partial charge in [0, 0.05) is 44.5 Å². The van der Waals surface area contributed by atoms with Gasteiger partial charge in [-0.15, -0.1) is 0 Å². The third-order valence-electron chi connectivity index (χ3n) is 3.39. The largest absolute Gasteiger partial charge is 0.383 e. The second kappa shape index (κ2) is 3.83. The molecule has 2 aliphatic heterocycles. The Kier molecular flexibility index (Phi) is 2.35. The number of rotatable bonds is 0. The number of hydrogen-bond acceptors (Lipinski definition) is 3. The first kappa shape index (κ1) is 9.19. The van der Waals surface area contributed by atoms with E-state index >= 15 is 0 Å². The lowest BCUT2D eigenvalue weighted by Crippen LogP contribution is -2.52. The van der Waals surface area contributed by atoms with Gasteiger partial charge in [-0.05, 0) is 11.6 Å². The summed E-state index contributed by atoms with van der Waals surface area (Å²) in [6.45, 7) is 5.56. The van der Waals surface area contributed by atoms with Crippen molar-refractivity contribution >= 4 is 5.69 Å². The summed E-state index contributed by atoms with van der Waals surface area (Å²) < 4.78 is 0. The van der Waals surface area contributed by atoms with Crippen LogP contribution >= 0.6 is 0 Å². The summed E-state index contributed by atoms with van der Waals surface area (Å²) in [6.07, 6.45) is 0. The maximum atomic E-state index is 3.54. The van der Waals surface area contributed by atoms with Gasteiger partial charge in [-0.1, -0.05) is 18.2 Å². The molecule has 1 unspecified atom stereocenters. The minimum atomic E-state index is 0.645. The Morgan fingerprint density at radius 2 is 2.13 bits per heavy atom. The topological polar surface area (TPSA) is 27.3 Å². The zero-order valence-electron chi connectivity index (χ0n) is 8.87. The monoisotopic (exact) mass is 203 g/mol. The van der Waals surface area contributed by atoms with Gasteiger partial charge in [0.2, 0.25) is 0 Å². The van der Waals surface area contributed by atoms with Gasteiger partial charge >= 0.3 is 0 Å². The average molecular weight is 203 g/mol. The molecule has 1 fully saturated rings. The molecule has 3 heteroatoms. The van der Waals surface area contributed by atoms with Crippen LogP contribution in [-0.2, 0) is 6.54 Å². The Balaban J connectivity index is 1.88. The smallest absolute Gasteiger partial charge is 0.0397 e. The highest BCUT2D eigenvalue weighted by Crippen LogP contribution is 2.22. The second-order valence-electron chi connectivity index (χ2n) is 4.37. The number of piperazine rings is 1. The number of hydrogen-bond donors (Lipinski definition) is 2. The van der Waals surface area contributed by atoms with Gasteiger partial charge in [-0.3, -0.25) is 4.90 Å². The molecule has 2 N–H and O–H groups in total. The van der Waals surface area contributed by atoms with Crippen LogP contribution in [0.15, 0.2) is 24.3 Å². The van der Waals surface area contributed by atoms with E-state index in [-0.39, 0.29) is 0 Å². The van der Waals surface area contributed by atoms with Gasteiger partial charge in [0.1, 0.15) is 0 Å². The summed E-state index contributed by atoms with van der Waals surface area (Å²) in [5, 5.41) is 7.00. The Hall–Kier alpha value is -1.06. The van der Waals surface area contributed by atoms with Crippen molar-refractivity contribution in [3.05, 3.63) is 29.8 Å². The van der Waals surface area contributed by atoms with Crippen molar-refractivity contribution in [2.75, 3.05) is 31.5 Å². The highest BCUT2D eigenvalue weighted by molar-refractivity contribution is 5.52. The predicted octanol–water partition coefficient (Wildman–Crippen LogP) is 0.886. The van der Waals surface area contributed by atoms with Gasteiger partial charge in [-0.2, -0.15) is 0 Å². The Morgan fingerprint density at radius 3 is 3.13 bits per heavy atom. The van der Waals surface area contributed by atoms with Gasteiger partial charge in [-0.25, -0.2) is 0 Å². The van der Waals surface area contributed by atoms with E-state index < -0.39 is 0 Å². The molecule has 0 aromatic heterocycles. The van der Waals surface area contributed by atoms with Crippen LogP contribution in [0, 0.1) is 0 Å². The molecule has 1 atom stereocenters. The third-order valence-corrected chi connectivity index (χ3v) is 3.39. The van der Waals surface area contributed by atoms with Crippen molar-refractivity contribution in [3.8, 4) is 0 Å². The zero-order valence-corrected chi connectivity index (χ0v) is 8.87. The highest BCUT2D eigenvalue weighted by atomic mass is 15.2. The summed E-state index contributed by atoms with van der Waals surface area (Å²) in [5.74, 6) is 0. The van der Waals surface area contributed by atoms with Crippen molar-refractivity contribution in [2.45, 2.75) is 12.6 Å². The number of fused-ring (bicyclic) bond motifs is 2. The average Bonchev–Trinajstić information content (AvgIpc) is 2.48. The van der Waals surface area contributed by atoms with Crippen LogP contribution in [0.2, 0.25) is 0 Å². The van der Waals surface area contributed by atoms with Gasteiger partial charge in [0.15, 0.2) is 0 Å². The van der Waals surface area contributed by atoms with E-state index in [1.54, 1.807) is 0 Å². The second-order valence-corrected chi connectivity index (χ2v) is 4.37. The lowest BCUT2D eigenvalue weighted by Gasteiger charge is -2.34. The minimum absolute atomic E-state index is 0.645. The molecule has 3 rings (SSSR count). The third kappa shape index (κ3) is 1.73. The molecule has 0 saturated carbocycles. The quantitative estimate of drug-likeness (QED) is 0.655. The highest BCUT2D eigenvalue weighted by Gasteiger charge is 2.25. The molecule has 0 spiro atoms. The standard InChI is InChI=1S/C12H17N3/c1-2-4-12-10(3-1)9-15-6-5-13-7-11(15)8-14-12/h1-4,11,13-14H,5-9H2. The first-order valence-corrected chi connectivity index (χ1v) is 5.70. The first-order valence-electron chi connectivity index (χ1n) is 5.70. The number of anilines is 1. The molecule has 0 radical (unpaired) electrons. The number of para-hydroxylation sites is 1. The van der Waals surface area contributed by atoms with Crippen molar-refractivity contribution in [1.82, 2.24) is 10.2 Å². The van der Waals surface area contributed by atoms with E-state index in [9.17, 15) is 0 Å². The van der Waals surface area contributed by atoms with Crippen LogP contribution in [0.3, 0.4) is 0 Å². The maximum absolute atomic E-state index is 3.54. The van der Waals surface area contributed by atoms with E-state index in [0.717, 1.165) is 26.2 Å². The van der Waals surface area contributed by atoms with E-state index in [1.165, 1.54) is 17.8 Å². The van der Waals surface area contributed by atoms with Crippen molar-refractivity contribution in [1.29, 1.82) is 0 Å². The van der Waals surface area contributed by atoms with Crippen LogP contribution in [0.4, 0.5) is 5.69 Å². The molecule has 0 bridgehead atoms. The Bertz CT molecular complexity index is 350. The van der Waals surface area contributed by atoms with E-state index in [4.69, 9.17) is 0 Å².